The summed E-state index contributed by atoms with van der Waals surface area (Å²) in [6.07, 6.45) is 0.766. The zero-order chi connectivity index (χ0) is 16.7. The van der Waals surface area contributed by atoms with Gasteiger partial charge in [0.15, 0.2) is 0 Å². The SMILES string of the molecule is COc1cc(NC(=O)NCCc2ccc(Br)cc2)cc(OC)c1. The molecule has 0 aliphatic heterocycles. The maximum absolute atomic E-state index is 11.9. The first-order valence-corrected chi connectivity index (χ1v) is 7.92. The van der Waals surface area contributed by atoms with Gasteiger partial charge >= 0.3 is 6.03 Å². The van der Waals surface area contributed by atoms with Crippen molar-refractivity contribution in [3.63, 3.8) is 0 Å². The molecule has 0 heterocycles. The second kappa shape index (κ2) is 8.43. The Hall–Kier alpha value is -2.21. The van der Waals surface area contributed by atoms with Crippen LogP contribution in [-0.4, -0.2) is 26.8 Å². The van der Waals surface area contributed by atoms with Gasteiger partial charge in [-0.1, -0.05) is 28.1 Å². The van der Waals surface area contributed by atoms with Gasteiger partial charge in [0.05, 0.1) is 14.2 Å². The zero-order valence-electron chi connectivity index (χ0n) is 13.1. The summed E-state index contributed by atoms with van der Waals surface area (Å²) in [5.74, 6) is 1.24. The number of carbonyl (C=O) groups excluding carboxylic acids is 1. The van der Waals surface area contributed by atoms with Crippen LogP contribution in [0.1, 0.15) is 5.56 Å². The van der Waals surface area contributed by atoms with Crippen molar-refractivity contribution in [2.75, 3.05) is 26.1 Å². The normalized spacial score (nSPS) is 10.0. The molecule has 0 radical (unpaired) electrons. The van der Waals surface area contributed by atoms with Crippen LogP contribution >= 0.6 is 15.9 Å². The van der Waals surface area contributed by atoms with E-state index in [-0.39, 0.29) is 6.03 Å². The smallest absolute Gasteiger partial charge is 0.319 e. The number of methoxy groups -OCH3 is 2. The zero-order valence-corrected chi connectivity index (χ0v) is 14.6. The fourth-order valence-electron chi connectivity index (χ4n) is 2.03. The van der Waals surface area contributed by atoms with Gasteiger partial charge in [-0.3, -0.25) is 0 Å². The van der Waals surface area contributed by atoms with Gasteiger partial charge in [0.25, 0.3) is 0 Å². The maximum atomic E-state index is 11.9. The van der Waals surface area contributed by atoms with Crippen LogP contribution in [0.15, 0.2) is 46.9 Å². The molecule has 0 aliphatic rings. The van der Waals surface area contributed by atoms with Crippen molar-refractivity contribution < 1.29 is 14.3 Å². The number of rotatable bonds is 6. The van der Waals surface area contributed by atoms with Gasteiger partial charge in [-0.25, -0.2) is 4.79 Å². The molecule has 23 heavy (non-hydrogen) atoms. The average Bonchev–Trinajstić information content (AvgIpc) is 2.56. The molecule has 122 valence electrons. The molecule has 0 saturated carbocycles. The first kappa shape index (κ1) is 17.1. The highest BCUT2D eigenvalue weighted by molar-refractivity contribution is 9.10. The van der Waals surface area contributed by atoms with Crippen molar-refractivity contribution >= 4 is 27.6 Å². The summed E-state index contributed by atoms with van der Waals surface area (Å²) in [6, 6.07) is 13.0. The molecule has 0 bridgehead atoms. The van der Waals surface area contributed by atoms with Crippen LogP contribution < -0.4 is 20.1 Å². The van der Waals surface area contributed by atoms with Gasteiger partial charge in [0.1, 0.15) is 11.5 Å². The first-order valence-electron chi connectivity index (χ1n) is 7.13. The highest BCUT2D eigenvalue weighted by Crippen LogP contribution is 2.25. The molecular formula is C17H19BrN2O3. The molecule has 2 aromatic rings. The molecule has 2 N–H and O–H groups in total. The molecule has 2 rings (SSSR count). The molecule has 2 amide bonds. The number of carbonyl (C=O) groups is 1. The van der Waals surface area contributed by atoms with Crippen molar-refractivity contribution in [2.45, 2.75) is 6.42 Å². The second-order valence-corrected chi connectivity index (χ2v) is 5.77. The topological polar surface area (TPSA) is 59.6 Å². The number of halogens is 1. The summed E-state index contributed by atoms with van der Waals surface area (Å²) in [7, 11) is 3.13. The summed E-state index contributed by atoms with van der Waals surface area (Å²) < 4.78 is 11.4. The minimum Gasteiger partial charge on any atom is -0.497 e. The number of anilines is 1. The van der Waals surface area contributed by atoms with E-state index in [2.05, 4.69) is 26.6 Å². The number of amides is 2. The molecule has 2 aromatic carbocycles. The van der Waals surface area contributed by atoms with E-state index in [1.54, 1.807) is 32.4 Å². The van der Waals surface area contributed by atoms with Crippen LogP contribution in [-0.2, 0) is 6.42 Å². The van der Waals surface area contributed by atoms with E-state index in [9.17, 15) is 4.79 Å². The molecule has 0 unspecified atom stereocenters. The van der Waals surface area contributed by atoms with Gasteiger partial charge < -0.3 is 20.1 Å². The Morgan fingerprint density at radius 1 is 1.04 bits per heavy atom. The van der Waals surface area contributed by atoms with Crippen molar-refractivity contribution in [2.24, 2.45) is 0 Å². The van der Waals surface area contributed by atoms with Crippen molar-refractivity contribution in [1.29, 1.82) is 0 Å². The van der Waals surface area contributed by atoms with Crippen molar-refractivity contribution in [3.05, 3.63) is 52.5 Å². The first-order chi connectivity index (χ1) is 11.1. The van der Waals surface area contributed by atoms with E-state index in [1.807, 2.05) is 24.3 Å². The van der Waals surface area contributed by atoms with Crippen LogP contribution in [0.25, 0.3) is 0 Å². The summed E-state index contributed by atoms with van der Waals surface area (Å²) in [6.45, 7) is 0.550. The largest absolute Gasteiger partial charge is 0.497 e. The highest BCUT2D eigenvalue weighted by Gasteiger charge is 2.05. The lowest BCUT2D eigenvalue weighted by Gasteiger charge is -2.11. The van der Waals surface area contributed by atoms with Crippen LogP contribution in [0.4, 0.5) is 10.5 Å². The quantitative estimate of drug-likeness (QED) is 0.802. The number of benzene rings is 2. The van der Waals surface area contributed by atoms with Crippen molar-refractivity contribution in [1.82, 2.24) is 5.32 Å². The third-order valence-electron chi connectivity index (χ3n) is 3.22. The molecule has 0 fully saturated rings. The number of ether oxygens (including phenoxy) is 2. The number of hydrogen-bond donors (Lipinski definition) is 2. The summed E-state index contributed by atoms with van der Waals surface area (Å²) in [4.78, 5) is 11.9. The van der Waals surface area contributed by atoms with Crippen LogP contribution in [0, 0.1) is 0 Å². The molecule has 6 heteroatoms. The lowest BCUT2D eigenvalue weighted by Crippen LogP contribution is -2.30. The van der Waals surface area contributed by atoms with E-state index in [0.717, 1.165) is 16.5 Å². The van der Waals surface area contributed by atoms with Gasteiger partial charge in [0, 0.05) is 34.9 Å². The second-order valence-electron chi connectivity index (χ2n) is 4.86. The average molecular weight is 379 g/mol. The molecule has 5 nitrogen and oxygen atoms in total. The predicted octanol–water partition coefficient (Wildman–Crippen LogP) is 3.83. The Kier molecular flexibility index (Phi) is 6.29. The standard InChI is InChI=1S/C17H19BrN2O3/c1-22-15-9-14(10-16(11-15)23-2)20-17(21)19-8-7-12-3-5-13(18)6-4-12/h3-6,9-11H,7-8H2,1-2H3,(H2,19,20,21). The van der Waals surface area contributed by atoms with Gasteiger partial charge in [-0.05, 0) is 24.1 Å². The van der Waals surface area contributed by atoms with Gasteiger partial charge in [-0.2, -0.15) is 0 Å². The third kappa shape index (κ3) is 5.49. The monoisotopic (exact) mass is 378 g/mol. The van der Waals surface area contributed by atoms with Crippen LogP contribution in [0.3, 0.4) is 0 Å². The highest BCUT2D eigenvalue weighted by atomic mass is 79.9. The van der Waals surface area contributed by atoms with Gasteiger partial charge in [-0.15, -0.1) is 0 Å². The Morgan fingerprint density at radius 3 is 2.22 bits per heavy atom. The lowest BCUT2D eigenvalue weighted by atomic mass is 10.1. The van der Waals surface area contributed by atoms with Gasteiger partial charge in [0.2, 0.25) is 0 Å². The third-order valence-corrected chi connectivity index (χ3v) is 3.75. The number of urea groups is 1. The predicted molar refractivity (Wildman–Crippen MR) is 94.4 cm³/mol. The Morgan fingerprint density at radius 2 is 1.65 bits per heavy atom. The molecule has 0 spiro atoms. The van der Waals surface area contributed by atoms with E-state index >= 15 is 0 Å². The maximum Gasteiger partial charge on any atom is 0.319 e. The lowest BCUT2D eigenvalue weighted by molar-refractivity contribution is 0.252. The summed E-state index contributed by atoms with van der Waals surface area (Å²) in [5.41, 5.74) is 1.78. The fourth-order valence-corrected chi connectivity index (χ4v) is 2.29. The Bertz CT molecular complexity index is 637. The Balaban J connectivity index is 1.85. The number of hydrogen-bond acceptors (Lipinski definition) is 3. The molecular weight excluding hydrogens is 360 g/mol. The summed E-state index contributed by atoms with van der Waals surface area (Å²) in [5, 5.41) is 5.59. The van der Waals surface area contributed by atoms with Crippen LogP contribution in [0.2, 0.25) is 0 Å². The molecule has 0 atom stereocenters. The number of nitrogens with one attached hydrogen (secondary N) is 2. The molecule has 0 aromatic heterocycles. The molecule has 0 aliphatic carbocycles. The van der Waals surface area contributed by atoms with E-state index in [4.69, 9.17) is 9.47 Å². The van der Waals surface area contributed by atoms with E-state index in [0.29, 0.717) is 23.7 Å². The Labute approximate surface area is 144 Å². The fraction of sp³-hybridized carbons (Fsp3) is 0.235. The van der Waals surface area contributed by atoms with Crippen LogP contribution in [0.5, 0.6) is 11.5 Å². The summed E-state index contributed by atoms with van der Waals surface area (Å²) >= 11 is 3.40. The minimum atomic E-state index is -0.266. The molecule has 0 saturated heterocycles. The van der Waals surface area contributed by atoms with E-state index in [1.165, 1.54) is 0 Å². The van der Waals surface area contributed by atoms with Crippen molar-refractivity contribution in [3.8, 4) is 11.5 Å². The minimum absolute atomic E-state index is 0.266. The van der Waals surface area contributed by atoms with E-state index < -0.39 is 0 Å².